The number of ether oxygens (including phenoxy) is 2. The molecule has 2 N–H and O–H groups in total. The minimum absolute atomic E-state index is 0.0609. The second-order valence-electron chi connectivity index (χ2n) is 4.46. The molecular formula is C15H13ClN2O5. The number of halogens is 1. The molecule has 0 aliphatic carbocycles. The third-order valence-electron chi connectivity index (χ3n) is 2.85. The summed E-state index contributed by atoms with van der Waals surface area (Å²) in [5.41, 5.74) is 5.40. The minimum atomic E-state index is -0.628. The average molecular weight is 337 g/mol. The number of nitrogens with two attached hydrogens (primary N) is 1. The van der Waals surface area contributed by atoms with Crippen LogP contribution in [0.1, 0.15) is 10.4 Å². The second kappa shape index (κ2) is 7.46. The van der Waals surface area contributed by atoms with Crippen LogP contribution < -0.4 is 15.2 Å². The molecule has 0 spiro atoms. The van der Waals surface area contributed by atoms with Gasteiger partial charge in [0.05, 0.1) is 16.6 Å². The Bertz CT molecular complexity index is 736. The zero-order valence-corrected chi connectivity index (χ0v) is 12.7. The molecule has 0 bridgehead atoms. The van der Waals surface area contributed by atoms with Gasteiger partial charge in [0.2, 0.25) is 0 Å². The Labute approximate surface area is 136 Å². The summed E-state index contributed by atoms with van der Waals surface area (Å²) in [5.74, 6) is -0.0204. The van der Waals surface area contributed by atoms with Crippen LogP contribution in [0.5, 0.6) is 11.5 Å². The highest BCUT2D eigenvalue weighted by atomic mass is 35.5. The second-order valence-corrected chi connectivity index (χ2v) is 4.89. The molecule has 0 aliphatic rings. The maximum absolute atomic E-state index is 11.3. The van der Waals surface area contributed by atoms with Gasteiger partial charge in [0.25, 0.3) is 11.6 Å². The molecule has 0 fully saturated rings. The van der Waals surface area contributed by atoms with Crippen molar-refractivity contribution < 1.29 is 19.2 Å². The van der Waals surface area contributed by atoms with Crippen LogP contribution in [0.25, 0.3) is 0 Å². The van der Waals surface area contributed by atoms with Gasteiger partial charge in [0.15, 0.2) is 0 Å². The van der Waals surface area contributed by atoms with Crippen LogP contribution >= 0.6 is 11.6 Å². The first-order chi connectivity index (χ1) is 11.0. The number of hydrogen-bond acceptors (Lipinski definition) is 5. The van der Waals surface area contributed by atoms with Crippen LogP contribution in [0.4, 0.5) is 5.69 Å². The van der Waals surface area contributed by atoms with Gasteiger partial charge < -0.3 is 15.2 Å². The highest BCUT2D eigenvalue weighted by Crippen LogP contribution is 2.23. The SMILES string of the molecule is NC(=O)c1ccc(Cl)cc1OCCOc1cccc([N+](=O)[O-])c1. The summed E-state index contributed by atoms with van der Waals surface area (Å²) in [7, 11) is 0. The number of nitro benzene ring substituents is 1. The molecule has 0 atom stereocenters. The lowest BCUT2D eigenvalue weighted by atomic mass is 10.2. The molecule has 1 amide bonds. The molecule has 2 rings (SSSR count). The number of benzene rings is 2. The standard InChI is InChI=1S/C15H13ClN2O5/c16-10-4-5-13(15(17)19)14(8-10)23-7-6-22-12-3-1-2-11(9-12)18(20)21/h1-5,8-9H,6-7H2,(H2,17,19). The van der Waals surface area contributed by atoms with E-state index in [0.29, 0.717) is 10.8 Å². The minimum Gasteiger partial charge on any atom is -0.490 e. The molecule has 0 saturated heterocycles. The van der Waals surface area contributed by atoms with Crippen LogP contribution in [-0.4, -0.2) is 24.0 Å². The molecule has 7 nitrogen and oxygen atoms in total. The maximum atomic E-state index is 11.3. The molecule has 23 heavy (non-hydrogen) atoms. The summed E-state index contributed by atoms with van der Waals surface area (Å²) in [6, 6.07) is 10.3. The highest BCUT2D eigenvalue weighted by Gasteiger charge is 2.10. The van der Waals surface area contributed by atoms with E-state index in [9.17, 15) is 14.9 Å². The fourth-order valence-corrected chi connectivity index (χ4v) is 1.98. The number of rotatable bonds is 7. The molecule has 2 aromatic carbocycles. The smallest absolute Gasteiger partial charge is 0.273 e. The van der Waals surface area contributed by atoms with Crippen molar-refractivity contribution in [1.29, 1.82) is 0 Å². The molecular weight excluding hydrogens is 324 g/mol. The van der Waals surface area contributed by atoms with Gasteiger partial charge in [-0.15, -0.1) is 0 Å². The van der Waals surface area contributed by atoms with E-state index in [2.05, 4.69) is 0 Å². The van der Waals surface area contributed by atoms with E-state index in [1.54, 1.807) is 6.07 Å². The first-order valence-corrected chi connectivity index (χ1v) is 6.94. The maximum Gasteiger partial charge on any atom is 0.273 e. The van der Waals surface area contributed by atoms with Crippen molar-refractivity contribution in [3.63, 3.8) is 0 Å². The van der Waals surface area contributed by atoms with Crippen molar-refractivity contribution in [1.82, 2.24) is 0 Å². The monoisotopic (exact) mass is 336 g/mol. The zero-order valence-electron chi connectivity index (χ0n) is 11.9. The molecule has 0 aromatic heterocycles. The summed E-state index contributed by atoms with van der Waals surface area (Å²) in [6.07, 6.45) is 0. The predicted octanol–water partition coefficient (Wildman–Crippen LogP) is 2.80. The van der Waals surface area contributed by atoms with E-state index < -0.39 is 10.8 Å². The molecule has 0 saturated carbocycles. The summed E-state index contributed by atoms with van der Waals surface area (Å²) < 4.78 is 10.8. The van der Waals surface area contributed by atoms with Gasteiger partial charge in [-0.3, -0.25) is 14.9 Å². The van der Waals surface area contributed by atoms with Crippen molar-refractivity contribution in [3.8, 4) is 11.5 Å². The van der Waals surface area contributed by atoms with Crippen LogP contribution in [0.15, 0.2) is 42.5 Å². The quantitative estimate of drug-likeness (QED) is 0.475. The van der Waals surface area contributed by atoms with E-state index in [1.807, 2.05) is 0 Å². The Balaban J connectivity index is 1.93. The Morgan fingerprint density at radius 2 is 1.91 bits per heavy atom. The van der Waals surface area contributed by atoms with Gasteiger partial charge in [-0.05, 0) is 24.3 Å². The van der Waals surface area contributed by atoms with Crippen molar-refractivity contribution in [2.24, 2.45) is 5.73 Å². The average Bonchev–Trinajstić information content (AvgIpc) is 2.51. The van der Waals surface area contributed by atoms with Crippen LogP contribution in [0, 0.1) is 10.1 Å². The summed E-state index contributed by atoms with van der Waals surface area (Å²) in [5, 5.41) is 11.1. The van der Waals surface area contributed by atoms with Gasteiger partial charge in [-0.25, -0.2) is 0 Å². The van der Waals surface area contributed by atoms with Crippen molar-refractivity contribution >= 4 is 23.2 Å². The Morgan fingerprint density at radius 3 is 2.61 bits per heavy atom. The molecule has 0 radical (unpaired) electrons. The third kappa shape index (κ3) is 4.58. The van der Waals surface area contributed by atoms with Gasteiger partial charge in [-0.1, -0.05) is 17.7 Å². The first kappa shape index (κ1) is 16.6. The molecule has 8 heteroatoms. The van der Waals surface area contributed by atoms with Gasteiger partial charge in [0, 0.05) is 11.1 Å². The van der Waals surface area contributed by atoms with E-state index in [-0.39, 0.29) is 30.2 Å². The molecule has 0 unspecified atom stereocenters. The Morgan fingerprint density at radius 1 is 1.17 bits per heavy atom. The van der Waals surface area contributed by atoms with E-state index in [4.69, 9.17) is 26.8 Å². The topological polar surface area (TPSA) is 105 Å². The van der Waals surface area contributed by atoms with E-state index in [0.717, 1.165) is 0 Å². The highest BCUT2D eigenvalue weighted by molar-refractivity contribution is 6.30. The first-order valence-electron chi connectivity index (χ1n) is 6.57. The number of nitro groups is 1. The van der Waals surface area contributed by atoms with Crippen LogP contribution in [0.3, 0.4) is 0 Å². The fraction of sp³-hybridized carbons (Fsp3) is 0.133. The molecule has 0 heterocycles. The number of primary amides is 1. The van der Waals surface area contributed by atoms with Crippen molar-refractivity contribution in [3.05, 3.63) is 63.2 Å². The molecule has 0 aliphatic heterocycles. The summed E-state index contributed by atoms with van der Waals surface area (Å²) in [4.78, 5) is 21.5. The number of nitrogens with zero attached hydrogens (tertiary/aromatic N) is 1. The summed E-state index contributed by atoms with van der Waals surface area (Å²) in [6.45, 7) is 0.245. The van der Waals surface area contributed by atoms with E-state index in [1.165, 1.54) is 36.4 Å². The van der Waals surface area contributed by atoms with Gasteiger partial charge in [-0.2, -0.15) is 0 Å². The van der Waals surface area contributed by atoms with Crippen molar-refractivity contribution in [2.45, 2.75) is 0 Å². The molecule has 120 valence electrons. The number of amides is 1. The largest absolute Gasteiger partial charge is 0.490 e. The van der Waals surface area contributed by atoms with Gasteiger partial charge >= 0.3 is 0 Å². The predicted molar refractivity (Wildman–Crippen MR) is 84.1 cm³/mol. The lowest BCUT2D eigenvalue weighted by Gasteiger charge is -2.11. The van der Waals surface area contributed by atoms with Crippen LogP contribution in [-0.2, 0) is 0 Å². The zero-order chi connectivity index (χ0) is 16.8. The van der Waals surface area contributed by atoms with Crippen molar-refractivity contribution in [2.75, 3.05) is 13.2 Å². The number of carbonyl (C=O) groups is 1. The number of carbonyl (C=O) groups excluding carboxylic acids is 1. The number of hydrogen-bond donors (Lipinski definition) is 1. The fourth-order valence-electron chi connectivity index (χ4n) is 1.82. The molecule has 2 aromatic rings. The Hall–Kier alpha value is -2.80. The lowest BCUT2D eigenvalue weighted by Crippen LogP contribution is -2.15. The summed E-state index contributed by atoms with van der Waals surface area (Å²) >= 11 is 5.85. The Kier molecular flexibility index (Phi) is 5.37. The lowest BCUT2D eigenvalue weighted by molar-refractivity contribution is -0.384. The third-order valence-corrected chi connectivity index (χ3v) is 3.08. The van der Waals surface area contributed by atoms with E-state index >= 15 is 0 Å². The van der Waals surface area contributed by atoms with Crippen LogP contribution in [0.2, 0.25) is 5.02 Å². The van der Waals surface area contributed by atoms with Gasteiger partial charge in [0.1, 0.15) is 24.7 Å². The number of non-ortho nitro benzene ring substituents is 1. The normalized spacial score (nSPS) is 10.1.